The number of hydrogen-bond acceptors (Lipinski definition) is 3. The molecule has 0 aliphatic carbocycles. The second-order valence-electron chi connectivity index (χ2n) is 4.74. The Morgan fingerprint density at radius 1 is 1.40 bits per heavy atom. The third kappa shape index (κ3) is 4.68. The summed E-state index contributed by atoms with van der Waals surface area (Å²) in [6.07, 6.45) is 3.45. The van der Waals surface area contributed by atoms with E-state index in [0.717, 1.165) is 32.4 Å². The summed E-state index contributed by atoms with van der Waals surface area (Å²) in [4.78, 5) is 0. The van der Waals surface area contributed by atoms with Gasteiger partial charge in [-0.2, -0.15) is 8.78 Å². The third-order valence-electron chi connectivity index (χ3n) is 3.21. The van der Waals surface area contributed by atoms with E-state index in [4.69, 9.17) is 4.74 Å². The predicted molar refractivity (Wildman–Crippen MR) is 68.3 cm³/mol. The Balaban J connectivity index is 1.73. The first kappa shape index (κ1) is 15.1. The van der Waals surface area contributed by atoms with Crippen LogP contribution in [0.2, 0.25) is 0 Å². The lowest BCUT2D eigenvalue weighted by Gasteiger charge is -2.11. The third-order valence-corrected chi connectivity index (χ3v) is 3.21. The summed E-state index contributed by atoms with van der Waals surface area (Å²) in [5.74, 6) is -1.20. The SMILES string of the molecule is Fc1cc(CNCC[C@@H]2CCCO2)ccc1OC(F)F. The summed E-state index contributed by atoms with van der Waals surface area (Å²) in [6.45, 7) is -0.915. The zero-order chi connectivity index (χ0) is 14.4. The van der Waals surface area contributed by atoms with Crippen LogP contribution in [0.1, 0.15) is 24.8 Å². The number of rotatable bonds is 7. The number of alkyl halides is 2. The van der Waals surface area contributed by atoms with Crippen molar-refractivity contribution in [1.82, 2.24) is 5.32 Å². The van der Waals surface area contributed by atoms with Crippen LogP contribution in [0, 0.1) is 5.82 Å². The Hall–Kier alpha value is -1.27. The van der Waals surface area contributed by atoms with Crippen LogP contribution in [0.3, 0.4) is 0 Å². The van der Waals surface area contributed by atoms with Gasteiger partial charge in [-0.25, -0.2) is 4.39 Å². The minimum Gasteiger partial charge on any atom is -0.432 e. The molecule has 0 amide bonds. The molecule has 0 spiro atoms. The molecule has 1 aliphatic rings. The van der Waals surface area contributed by atoms with Gasteiger partial charge in [0.25, 0.3) is 0 Å². The van der Waals surface area contributed by atoms with Crippen molar-refractivity contribution in [3.8, 4) is 5.75 Å². The molecule has 3 nitrogen and oxygen atoms in total. The molecule has 112 valence electrons. The van der Waals surface area contributed by atoms with Crippen molar-refractivity contribution in [2.45, 2.75) is 38.5 Å². The fraction of sp³-hybridized carbons (Fsp3) is 0.571. The molecule has 1 aromatic carbocycles. The average molecular weight is 289 g/mol. The van der Waals surface area contributed by atoms with Gasteiger partial charge in [-0.05, 0) is 43.5 Å². The maximum absolute atomic E-state index is 13.5. The standard InChI is InChI=1S/C14H18F3NO2/c15-12-8-10(3-4-13(12)20-14(16)17)9-18-6-5-11-2-1-7-19-11/h3-4,8,11,14,18H,1-2,5-7,9H2/t11-/m0/s1. The van der Waals surface area contributed by atoms with Crippen molar-refractivity contribution in [3.63, 3.8) is 0 Å². The van der Waals surface area contributed by atoms with E-state index in [9.17, 15) is 13.2 Å². The van der Waals surface area contributed by atoms with E-state index in [1.54, 1.807) is 6.07 Å². The van der Waals surface area contributed by atoms with Crippen molar-refractivity contribution in [2.24, 2.45) is 0 Å². The molecule has 0 aromatic heterocycles. The highest BCUT2D eigenvalue weighted by atomic mass is 19.3. The fourth-order valence-electron chi connectivity index (χ4n) is 2.21. The number of nitrogens with one attached hydrogen (secondary N) is 1. The molecule has 0 saturated carbocycles. The van der Waals surface area contributed by atoms with E-state index < -0.39 is 18.2 Å². The summed E-state index contributed by atoms with van der Waals surface area (Å²) in [6, 6.07) is 4.00. The van der Waals surface area contributed by atoms with Gasteiger partial charge in [0.2, 0.25) is 0 Å². The zero-order valence-corrected chi connectivity index (χ0v) is 11.1. The second kappa shape index (κ2) is 7.50. The lowest BCUT2D eigenvalue weighted by molar-refractivity contribution is -0.0522. The van der Waals surface area contributed by atoms with Gasteiger partial charge < -0.3 is 14.8 Å². The van der Waals surface area contributed by atoms with Crippen LogP contribution in [0.4, 0.5) is 13.2 Å². The first-order valence-corrected chi connectivity index (χ1v) is 6.70. The van der Waals surface area contributed by atoms with Crippen molar-refractivity contribution in [2.75, 3.05) is 13.2 Å². The Labute approximate surface area is 116 Å². The minimum absolute atomic E-state index is 0.320. The van der Waals surface area contributed by atoms with Gasteiger partial charge in [0.1, 0.15) is 0 Å². The number of hydrogen-bond donors (Lipinski definition) is 1. The highest BCUT2D eigenvalue weighted by Gasteiger charge is 2.14. The Kier molecular flexibility index (Phi) is 5.67. The zero-order valence-electron chi connectivity index (χ0n) is 11.1. The molecule has 20 heavy (non-hydrogen) atoms. The number of ether oxygens (including phenoxy) is 2. The molecule has 1 fully saturated rings. The van der Waals surface area contributed by atoms with Gasteiger partial charge in [0.15, 0.2) is 11.6 Å². The largest absolute Gasteiger partial charge is 0.432 e. The second-order valence-corrected chi connectivity index (χ2v) is 4.74. The molecule has 2 rings (SSSR count). The van der Waals surface area contributed by atoms with E-state index in [0.29, 0.717) is 18.2 Å². The summed E-state index contributed by atoms with van der Waals surface area (Å²) in [7, 11) is 0. The van der Waals surface area contributed by atoms with Crippen LogP contribution in [0.15, 0.2) is 18.2 Å². The Morgan fingerprint density at radius 3 is 2.90 bits per heavy atom. The van der Waals surface area contributed by atoms with Crippen LogP contribution in [0.5, 0.6) is 5.75 Å². The average Bonchev–Trinajstić information content (AvgIpc) is 2.90. The quantitative estimate of drug-likeness (QED) is 0.782. The van der Waals surface area contributed by atoms with Crippen molar-refractivity contribution < 1.29 is 22.6 Å². The van der Waals surface area contributed by atoms with Crippen molar-refractivity contribution >= 4 is 0 Å². The molecule has 1 atom stereocenters. The minimum atomic E-state index is -3.01. The monoisotopic (exact) mass is 289 g/mol. The maximum atomic E-state index is 13.5. The molecule has 0 bridgehead atoms. The number of halogens is 3. The summed E-state index contributed by atoms with van der Waals surface area (Å²) >= 11 is 0. The lowest BCUT2D eigenvalue weighted by atomic mass is 10.1. The molecule has 1 heterocycles. The van der Waals surface area contributed by atoms with Gasteiger partial charge in [0, 0.05) is 13.2 Å². The molecule has 1 aromatic rings. The number of benzene rings is 1. The smallest absolute Gasteiger partial charge is 0.387 e. The normalized spacial score (nSPS) is 18.7. The van der Waals surface area contributed by atoms with Gasteiger partial charge in [-0.3, -0.25) is 0 Å². The molecular formula is C14H18F3NO2. The van der Waals surface area contributed by atoms with Crippen LogP contribution < -0.4 is 10.1 Å². The predicted octanol–water partition coefficient (Wildman–Crippen LogP) is 3.09. The first-order valence-electron chi connectivity index (χ1n) is 6.70. The molecule has 1 N–H and O–H groups in total. The highest BCUT2D eigenvalue weighted by Crippen LogP contribution is 2.20. The van der Waals surface area contributed by atoms with Gasteiger partial charge in [-0.1, -0.05) is 6.07 Å². The maximum Gasteiger partial charge on any atom is 0.387 e. The molecule has 0 unspecified atom stereocenters. The van der Waals surface area contributed by atoms with E-state index >= 15 is 0 Å². The van der Waals surface area contributed by atoms with Gasteiger partial charge in [0.05, 0.1) is 6.10 Å². The van der Waals surface area contributed by atoms with Crippen molar-refractivity contribution in [1.29, 1.82) is 0 Å². The molecule has 6 heteroatoms. The molecule has 1 aliphatic heterocycles. The Bertz CT molecular complexity index is 423. The molecular weight excluding hydrogens is 271 g/mol. The van der Waals surface area contributed by atoms with Crippen LogP contribution in [-0.4, -0.2) is 25.9 Å². The highest BCUT2D eigenvalue weighted by molar-refractivity contribution is 5.29. The van der Waals surface area contributed by atoms with Gasteiger partial charge >= 0.3 is 6.61 Å². The van der Waals surface area contributed by atoms with Crippen LogP contribution in [-0.2, 0) is 11.3 Å². The molecule has 0 radical (unpaired) electrons. The lowest BCUT2D eigenvalue weighted by Crippen LogP contribution is -2.20. The first-order chi connectivity index (χ1) is 9.65. The van der Waals surface area contributed by atoms with E-state index in [2.05, 4.69) is 10.1 Å². The van der Waals surface area contributed by atoms with E-state index in [1.807, 2.05) is 0 Å². The van der Waals surface area contributed by atoms with E-state index in [1.165, 1.54) is 12.1 Å². The van der Waals surface area contributed by atoms with Gasteiger partial charge in [-0.15, -0.1) is 0 Å². The topological polar surface area (TPSA) is 30.5 Å². The summed E-state index contributed by atoms with van der Waals surface area (Å²) < 4.78 is 47.0. The summed E-state index contributed by atoms with van der Waals surface area (Å²) in [5, 5.41) is 3.18. The fourth-order valence-corrected chi connectivity index (χ4v) is 2.21. The molecule has 1 saturated heterocycles. The van der Waals surface area contributed by atoms with Crippen molar-refractivity contribution in [3.05, 3.63) is 29.6 Å². The van der Waals surface area contributed by atoms with E-state index in [-0.39, 0.29) is 0 Å². The Morgan fingerprint density at radius 2 is 2.25 bits per heavy atom. The van der Waals surface area contributed by atoms with Crippen LogP contribution in [0.25, 0.3) is 0 Å². The summed E-state index contributed by atoms with van der Waals surface area (Å²) in [5.41, 5.74) is 0.691. The van der Waals surface area contributed by atoms with Crippen LogP contribution >= 0.6 is 0 Å².